The molecule has 3 rings (SSSR count). The molecule has 1 aromatic carbocycles. The Labute approximate surface area is 145 Å². The highest BCUT2D eigenvalue weighted by atomic mass is 16.6. The van der Waals surface area contributed by atoms with Crippen LogP contribution < -0.4 is 0 Å². The minimum absolute atomic E-state index is 0.159. The Bertz CT molecular complexity index is 515. The van der Waals surface area contributed by atoms with E-state index in [0.717, 1.165) is 45.7 Å². The molecular formula is C19H29N3O2. The molecule has 132 valence electrons. The summed E-state index contributed by atoms with van der Waals surface area (Å²) in [5.74, 6) is 0. The topological polar surface area (TPSA) is 36.0 Å². The van der Waals surface area contributed by atoms with E-state index in [0.29, 0.717) is 12.6 Å². The molecule has 0 radical (unpaired) electrons. The fraction of sp³-hybridized carbons (Fsp3) is 0.632. The van der Waals surface area contributed by atoms with Crippen LogP contribution in [0.25, 0.3) is 0 Å². The number of nitrogens with zero attached hydrogens (tertiary/aromatic N) is 3. The quantitative estimate of drug-likeness (QED) is 0.828. The predicted octanol–water partition coefficient (Wildman–Crippen LogP) is 2.08. The zero-order chi connectivity index (χ0) is 16.8. The number of hydrogen-bond donors (Lipinski definition) is 0. The molecule has 2 aliphatic heterocycles. The number of ether oxygens (including phenoxy) is 1. The SMILES string of the molecule is CCOC(=O)N1CCN([C@H]2CCN(CCc3ccccc3)C2)CC1. The minimum atomic E-state index is -0.159. The van der Waals surface area contributed by atoms with Crippen LogP contribution in [0.2, 0.25) is 0 Å². The van der Waals surface area contributed by atoms with Gasteiger partial charge in [-0.25, -0.2) is 4.79 Å². The molecule has 2 aliphatic rings. The molecular weight excluding hydrogens is 302 g/mol. The second-order valence-electron chi connectivity index (χ2n) is 6.70. The molecule has 1 amide bonds. The minimum Gasteiger partial charge on any atom is -0.450 e. The Morgan fingerprint density at radius 3 is 2.58 bits per heavy atom. The maximum Gasteiger partial charge on any atom is 0.409 e. The van der Waals surface area contributed by atoms with Crippen molar-refractivity contribution in [1.82, 2.24) is 14.7 Å². The van der Waals surface area contributed by atoms with Gasteiger partial charge in [-0.05, 0) is 31.9 Å². The number of benzene rings is 1. The van der Waals surface area contributed by atoms with Crippen LogP contribution >= 0.6 is 0 Å². The normalized spacial score (nSPS) is 22.7. The molecule has 0 unspecified atom stereocenters. The van der Waals surface area contributed by atoms with E-state index in [4.69, 9.17) is 4.74 Å². The lowest BCUT2D eigenvalue weighted by atomic mass is 10.1. The summed E-state index contributed by atoms with van der Waals surface area (Å²) in [5.41, 5.74) is 1.42. The van der Waals surface area contributed by atoms with Crippen molar-refractivity contribution < 1.29 is 9.53 Å². The second kappa shape index (κ2) is 8.49. The zero-order valence-electron chi connectivity index (χ0n) is 14.7. The molecule has 0 N–H and O–H groups in total. The van der Waals surface area contributed by atoms with Gasteiger partial charge in [0, 0.05) is 45.3 Å². The molecule has 2 saturated heterocycles. The number of amides is 1. The van der Waals surface area contributed by atoms with Crippen LogP contribution in [0.4, 0.5) is 4.79 Å². The first kappa shape index (κ1) is 17.2. The van der Waals surface area contributed by atoms with Crippen molar-refractivity contribution in [2.24, 2.45) is 0 Å². The Kier molecular flexibility index (Phi) is 6.10. The number of carbonyl (C=O) groups excluding carboxylic acids is 1. The van der Waals surface area contributed by atoms with Crippen LogP contribution in [-0.4, -0.2) is 79.3 Å². The molecule has 0 saturated carbocycles. The third kappa shape index (κ3) is 4.48. The number of hydrogen-bond acceptors (Lipinski definition) is 4. The lowest BCUT2D eigenvalue weighted by molar-refractivity contribution is 0.0671. The van der Waals surface area contributed by atoms with Gasteiger partial charge in [-0.2, -0.15) is 0 Å². The lowest BCUT2D eigenvalue weighted by Crippen LogP contribution is -2.52. The van der Waals surface area contributed by atoms with Crippen LogP contribution in [0.3, 0.4) is 0 Å². The van der Waals surface area contributed by atoms with E-state index in [2.05, 4.69) is 40.1 Å². The first-order valence-corrected chi connectivity index (χ1v) is 9.18. The van der Waals surface area contributed by atoms with Crippen LogP contribution in [-0.2, 0) is 11.2 Å². The molecule has 1 atom stereocenters. The zero-order valence-corrected chi connectivity index (χ0v) is 14.7. The van der Waals surface area contributed by atoms with Gasteiger partial charge in [0.05, 0.1) is 6.61 Å². The van der Waals surface area contributed by atoms with E-state index < -0.39 is 0 Å². The van der Waals surface area contributed by atoms with Crippen molar-refractivity contribution in [1.29, 1.82) is 0 Å². The largest absolute Gasteiger partial charge is 0.450 e. The molecule has 5 nitrogen and oxygen atoms in total. The van der Waals surface area contributed by atoms with Crippen molar-refractivity contribution in [3.63, 3.8) is 0 Å². The monoisotopic (exact) mass is 331 g/mol. The molecule has 5 heteroatoms. The van der Waals surface area contributed by atoms with Crippen molar-refractivity contribution >= 4 is 6.09 Å². The summed E-state index contributed by atoms with van der Waals surface area (Å²) in [4.78, 5) is 18.7. The molecule has 0 bridgehead atoms. The summed E-state index contributed by atoms with van der Waals surface area (Å²) in [6.07, 6.45) is 2.21. The summed E-state index contributed by atoms with van der Waals surface area (Å²) < 4.78 is 5.09. The molecule has 2 heterocycles. The molecule has 1 aromatic rings. The van der Waals surface area contributed by atoms with Gasteiger partial charge in [0.15, 0.2) is 0 Å². The maximum atomic E-state index is 11.8. The number of piperazine rings is 1. The molecule has 2 fully saturated rings. The van der Waals surface area contributed by atoms with Gasteiger partial charge in [0.2, 0.25) is 0 Å². The first-order chi connectivity index (χ1) is 11.8. The number of carbonyl (C=O) groups is 1. The van der Waals surface area contributed by atoms with Crippen LogP contribution in [0.5, 0.6) is 0 Å². The average molecular weight is 331 g/mol. The highest BCUT2D eigenvalue weighted by molar-refractivity contribution is 5.67. The maximum absolute atomic E-state index is 11.8. The smallest absolute Gasteiger partial charge is 0.409 e. The van der Waals surface area contributed by atoms with Gasteiger partial charge in [0.25, 0.3) is 0 Å². The van der Waals surface area contributed by atoms with E-state index in [9.17, 15) is 4.79 Å². The molecule has 0 spiro atoms. The van der Waals surface area contributed by atoms with Gasteiger partial charge in [-0.1, -0.05) is 30.3 Å². The van der Waals surface area contributed by atoms with Gasteiger partial charge in [-0.3, -0.25) is 4.90 Å². The fourth-order valence-electron chi connectivity index (χ4n) is 3.73. The van der Waals surface area contributed by atoms with Crippen LogP contribution in [0.1, 0.15) is 18.9 Å². The van der Waals surface area contributed by atoms with E-state index in [1.165, 1.54) is 18.5 Å². The van der Waals surface area contributed by atoms with E-state index in [1.54, 1.807) is 0 Å². The summed E-state index contributed by atoms with van der Waals surface area (Å²) in [7, 11) is 0. The summed E-state index contributed by atoms with van der Waals surface area (Å²) in [6, 6.07) is 11.4. The van der Waals surface area contributed by atoms with Crippen LogP contribution in [0.15, 0.2) is 30.3 Å². The summed E-state index contributed by atoms with van der Waals surface area (Å²) in [5, 5.41) is 0. The average Bonchev–Trinajstić information content (AvgIpc) is 3.10. The van der Waals surface area contributed by atoms with E-state index in [-0.39, 0.29) is 6.09 Å². The predicted molar refractivity (Wildman–Crippen MR) is 95.2 cm³/mol. The Morgan fingerprint density at radius 1 is 1.12 bits per heavy atom. The number of likely N-dealkylation sites (tertiary alicyclic amines) is 1. The van der Waals surface area contributed by atoms with Crippen molar-refractivity contribution in [2.45, 2.75) is 25.8 Å². The Morgan fingerprint density at radius 2 is 1.88 bits per heavy atom. The standard InChI is InChI=1S/C19H29N3O2/c1-2-24-19(23)22-14-12-21(13-15-22)18-9-11-20(16-18)10-8-17-6-4-3-5-7-17/h3-7,18H,2,8-16H2,1H3/t18-/m0/s1. The van der Waals surface area contributed by atoms with Crippen molar-refractivity contribution in [3.8, 4) is 0 Å². The molecule has 0 aliphatic carbocycles. The molecule has 0 aromatic heterocycles. The summed E-state index contributed by atoms with van der Waals surface area (Å²) >= 11 is 0. The second-order valence-corrected chi connectivity index (χ2v) is 6.70. The lowest BCUT2D eigenvalue weighted by Gasteiger charge is -2.37. The fourth-order valence-corrected chi connectivity index (χ4v) is 3.73. The number of rotatable bonds is 5. The van der Waals surface area contributed by atoms with Crippen LogP contribution in [0, 0.1) is 0 Å². The molecule has 24 heavy (non-hydrogen) atoms. The highest BCUT2D eigenvalue weighted by Crippen LogP contribution is 2.18. The van der Waals surface area contributed by atoms with Gasteiger partial charge >= 0.3 is 6.09 Å². The van der Waals surface area contributed by atoms with Crippen molar-refractivity contribution in [3.05, 3.63) is 35.9 Å². The third-order valence-corrected chi connectivity index (χ3v) is 5.16. The van der Waals surface area contributed by atoms with Gasteiger partial charge < -0.3 is 14.5 Å². The third-order valence-electron chi connectivity index (χ3n) is 5.16. The van der Waals surface area contributed by atoms with E-state index >= 15 is 0 Å². The summed E-state index contributed by atoms with van der Waals surface area (Å²) in [6.45, 7) is 9.32. The Hall–Kier alpha value is -1.59. The Balaban J connectivity index is 1.39. The highest BCUT2D eigenvalue weighted by Gasteiger charge is 2.31. The van der Waals surface area contributed by atoms with Gasteiger partial charge in [-0.15, -0.1) is 0 Å². The van der Waals surface area contributed by atoms with Gasteiger partial charge in [0.1, 0.15) is 0 Å². The van der Waals surface area contributed by atoms with Crippen molar-refractivity contribution in [2.75, 3.05) is 52.4 Å². The first-order valence-electron chi connectivity index (χ1n) is 9.18. The van der Waals surface area contributed by atoms with E-state index in [1.807, 2.05) is 11.8 Å².